The normalized spacial score (nSPS) is 11.2. The van der Waals surface area contributed by atoms with Gasteiger partial charge in [-0.25, -0.2) is 13.6 Å². The van der Waals surface area contributed by atoms with Crippen molar-refractivity contribution in [3.05, 3.63) is 59.1 Å². The number of hydrogen-bond donors (Lipinski definition) is 2. The monoisotopic (exact) mass is 370 g/mol. The van der Waals surface area contributed by atoms with Crippen molar-refractivity contribution in [2.75, 3.05) is 11.1 Å². The first-order valence-corrected chi connectivity index (χ1v) is 9.67. The lowest BCUT2D eigenvalue weighted by Crippen LogP contribution is -2.15. The van der Waals surface area contributed by atoms with Gasteiger partial charge < -0.3 is 5.32 Å². The van der Waals surface area contributed by atoms with Gasteiger partial charge in [-0.15, -0.1) is 11.8 Å². The maximum atomic E-state index is 11.9. The fraction of sp³-hybridized carbons (Fsp3) is 0.133. The molecule has 0 unspecified atom stereocenters. The molecule has 2 aromatic rings. The summed E-state index contributed by atoms with van der Waals surface area (Å²) in [6.45, 7) is 0. The molecule has 0 fully saturated rings. The van der Waals surface area contributed by atoms with Crippen molar-refractivity contribution in [2.45, 2.75) is 10.6 Å². The lowest BCUT2D eigenvalue weighted by atomic mass is 10.2. The lowest BCUT2D eigenvalue weighted by molar-refractivity contribution is -0.113. The number of halogens is 1. The second-order valence-corrected chi connectivity index (χ2v) is 7.72. The van der Waals surface area contributed by atoms with Crippen LogP contribution in [0.2, 0.25) is 5.02 Å². The standard InChI is InChI=1S/C15H15ClN2O3S2/c16-12-3-1-2-11(8-12)9-22-10-15(19)18-13-4-6-14(7-5-13)23(17,20)21/h1-8H,9-10H2,(H,18,19)(H2,17,20,21). The van der Waals surface area contributed by atoms with Crippen LogP contribution in [0.5, 0.6) is 0 Å². The molecule has 1 amide bonds. The van der Waals surface area contributed by atoms with Crippen LogP contribution in [0, 0.1) is 0 Å². The highest BCUT2D eigenvalue weighted by molar-refractivity contribution is 7.99. The number of hydrogen-bond acceptors (Lipinski definition) is 4. The Labute approximate surface area is 144 Å². The maximum absolute atomic E-state index is 11.9. The third kappa shape index (κ3) is 5.87. The summed E-state index contributed by atoms with van der Waals surface area (Å²) >= 11 is 7.36. The van der Waals surface area contributed by atoms with Crippen LogP contribution in [0.25, 0.3) is 0 Å². The van der Waals surface area contributed by atoms with E-state index in [2.05, 4.69) is 5.32 Å². The summed E-state index contributed by atoms with van der Waals surface area (Å²) in [7, 11) is -3.72. The quantitative estimate of drug-likeness (QED) is 0.818. The smallest absolute Gasteiger partial charge is 0.238 e. The van der Waals surface area contributed by atoms with Gasteiger partial charge in [0.15, 0.2) is 0 Å². The average Bonchev–Trinajstić information content (AvgIpc) is 2.47. The van der Waals surface area contributed by atoms with Gasteiger partial charge in [-0.05, 0) is 42.0 Å². The van der Waals surface area contributed by atoms with Gasteiger partial charge in [-0.2, -0.15) is 0 Å². The van der Waals surface area contributed by atoms with E-state index in [1.807, 2.05) is 18.2 Å². The molecule has 5 nitrogen and oxygen atoms in total. The maximum Gasteiger partial charge on any atom is 0.238 e. The average molecular weight is 371 g/mol. The molecule has 0 saturated carbocycles. The van der Waals surface area contributed by atoms with E-state index >= 15 is 0 Å². The molecule has 0 radical (unpaired) electrons. The number of benzene rings is 2. The second-order valence-electron chi connectivity index (χ2n) is 4.74. The Morgan fingerprint density at radius 3 is 2.48 bits per heavy atom. The van der Waals surface area contributed by atoms with Crippen molar-refractivity contribution in [1.29, 1.82) is 0 Å². The van der Waals surface area contributed by atoms with Gasteiger partial charge in [-0.1, -0.05) is 23.7 Å². The minimum Gasteiger partial charge on any atom is -0.325 e. The second kappa shape index (κ2) is 7.83. The highest BCUT2D eigenvalue weighted by atomic mass is 35.5. The van der Waals surface area contributed by atoms with Gasteiger partial charge in [0.25, 0.3) is 0 Å². The van der Waals surface area contributed by atoms with Crippen molar-refractivity contribution in [2.24, 2.45) is 5.14 Å². The van der Waals surface area contributed by atoms with E-state index < -0.39 is 10.0 Å². The van der Waals surface area contributed by atoms with Crippen molar-refractivity contribution >= 4 is 45.0 Å². The fourth-order valence-electron chi connectivity index (χ4n) is 1.81. The molecule has 3 N–H and O–H groups in total. The van der Waals surface area contributed by atoms with E-state index in [4.69, 9.17) is 16.7 Å². The van der Waals surface area contributed by atoms with Crippen LogP contribution in [-0.2, 0) is 20.6 Å². The van der Waals surface area contributed by atoms with Gasteiger partial charge in [0.05, 0.1) is 10.6 Å². The Balaban J connectivity index is 1.83. The van der Waals surface area contributed by atoms with Crippen LogP contribution in [0.4, 0.5) is 5.69 Å². The topological polar surface area (TPSA) is 89.3 Å². The van der Waals surface area contributed by atoms with Crippen molar-refractivity contribution < 1.29 is 13.2 Å². The molecule has 0 aliphatic rings. The Morgan fingerprint density at radius 2 is 1.87 bits per heavy atom. The molecule has 122 valence electrons. The molecule has 0 spiro atoms. The van der Waals surface area contributed by atoms with Crippen LogP contribution in [0.15, 0.2) is 53.4 Å². The fourth-order valence-corrected chi connectivity index (χ4v) is 3.32. The molecule has 0 aliphatic heterocycles. The number of anilines is 1. The number of nitrogens with two attached hydrogens (primary N) is 1. The van der Waals surface area contributed by atoms with Gasteiger partial charge >= 0.3 is 0 Å². The van der Waals surface area contributed by atoms with Crippen molar-refractivity contribution in [3.63, 3.8) is 0 Å². The van der Waals surface area contributed by atoms with Gasteiger partial charge in [0.2, 0.25) is 15.9 Å². The Bertz CT molecular complexity index is 793. The number of amides is 1. The summed E-state index contributed by atoms with van der Waals surface area (Å²) in [6, 6.07) is 13.2. The zero-order chi connectivity index (χ0) is 16.9. The first kappa shape index (κ1) is 17.8. The van der Waals surface area contributed by atoms with E-state index in [1.54, 1.807) is 6.07 Å². The number of rotatable bonds is 6. The third-order valence-corrected chi connectivity index (χ3v) is 5.03. The zero-order valence-corrected chi connectivity index (χ0v) is 14.4. The number of carbonyl (C=O) groups excluding carboxylic acids is 1. The summed E-state index contributed by atoms with van der Waals surface area (Å²) in [6.07, 6.45) is 0. The van der Waals surface area contributed by atoms with Crippen LogP contribution < -0.4 is 10.5 Å². The van der Waals surface area contributed by atoms with Gasteiger partial charge in [0.1, 0.15) is 0 Å². The first-order valence-electron chi connectivity index (χ1n) is 6.59. The van der Waals surface area contributed by atoms with E-state index in [9.17, 15) is 13.2 Å². The first-order chi connectivity index (χ1) is 10.8. The van der Waals surface area contributed by atoms with Crippen LogP contribution >= 0.6 is 23.4 Å². The van der Waals surface area contributed by atoms with E-state index in [0.717, 1.165) is 5.56 Å². The van der Waals surface area contributed by atoms with Crippen LogP contribution in [-0.4, -0.2) is 20.1 Å². The SMILES string of the molecule is NS(=O)(=O)c1ccc(NC(=O)CSCc2cccc(Cl)c2)cc1. The highest BCUT2D eigenvalue weighted by Gasteiger charge is 2.08. The molecular weight excluding hydrogens is 356 g/mol. The molecule has 0 aromatic heterocycles. The number of nitrogens with one attached hydrogen (secondary N) is 1. The Hall–Kier alpha value is -1.54. The third-order valence-electron chi connectivity index (χ3n) is 2.86. The summed E-state index contributed by atoms with van der Waals surface area (Å²) < 4.78 is 22.3. The summed E-state index contributed by atoms with van der Waals surface area (Å²) in [4.78, 5) is 11.9. The molecule has 0 saturated heterocycles. The van der Waals surface area contributed by atoms with E-state index in [-0.39, 0.29) is 16.6 Å². The van der Waals surface area contributed by atoms with Crippen molar-refractivity contribution in [1.82, 2.24) is 0 Å². The Kier molecular flexibility index (Phi) is 6.06. The Morgan fingerprint density at radius 1 is 1.17 bits per heavy atom. The number of thioether (sulfide) groups is 1. The summed E-state index contributed by atoms with van der Waals surface area (Å²) in [5.41, 5.74) is 1.57. The predicted octanol–water partition coefficient (Wildman–Crippen LogP) is 2.86. The molecule has 8 heteroatoms. The molecule has 0 aliphatic carbocycles. The number of sulfonamides is 1. The summed E-state index contributed by atoms with van der Waals surface area (Å²) in [5.74, 6) is 0.794. The number of carbonyl (C=O) groups is 1. The molecule has 0 bridgehead atoms. The predicted molar refractivity (Wildman–Crippen MR) is 94.1 cm³/mol. The minimum atomic E-state index is -3.72. The summed E-state index contributed by atoms with van der Waals surface area (Å²) in [5, 5.41) is 8.38. The van der Waals surface area contributed by atoms with Crippen LogP contribution in [0.1, 0.15) is 5.56 Å². The molecule has 2 rings (SSSR count). The molecular formula is C15H15ClN2O3S2. The largest absolute Gasteiger partial charge is 0.325 e. The van der Waals surface area contributed by atoms with Gasteiger partial charge in [-0.3, -0.25) is 4.79 Å². The molecule has 0 atom stereocenters. The van der Waals surface area contributed by atoms with Crippen molar-refractivity contribution in [3.8, 4) is 0 Å². The molecule has 23 heavy (non-hydrogen) atoms. The zero-order valence-electron chi connectivity index (χ0n) is 12.0. The molecule has 0 heterocycles. The minimum absolute atomic E-state index is 0.00540. The number of primary sulfonamides is 1. The lowest BCUT2D eigenvalue weighted by Gasteiger charge is -2.06. The molecule has 2 aromatic carbocycles. The van der Waals surface area contributed by atoms with Gasteiger partial charge in [0, 0.05) is 16.5 Å². The van der Waals surface area contributed by atoms with E-state index in [1.165, 1.54) is 36.0 Å². The highest BCUT2D eigenvalue weighted by Crippen LogP contribution is 2.17. The van der Waals surface area contributed by atoms with Crippen LogP contribution in [0.3, 0.4) is 0 Å². The van der Waals surface area contributed by atoms with E-state index in [0.29, 0.717) is 16.5 Å².